The van der Waals surface area contributed by atoms with E-state index in [1.807, 2.05) is 0 Å². The van der Waals surface area contributed by atoms with Gasteiger partial charge >= 0.3 is 0 Å². The summed E-state index contributed by atoms with van der Waals surface area (Å²) in [7, 11) is -4.94. The second-order valence-electron chi connectivity index (χ2n) is 3.46. The minimum Gasteiger partial charge on any atom is -0.327 e. The first kappa shape index (κ1) is 21.5. The zero-order chi connectivity index (χ0) is 16.5. The molecule has 0 aromatic carbocycles. The fourth-order valence-electron chi connectivity index (χ4n) is 0.807. The molecule has 0 spiro atoms. The quantitative estimate of drug-likeness (QED) is 0.422. The van der Waals surface area contributed by atoms with Crippen LogP contribution in [0.5, 0.6) is 0 Å². The molecule has 0 rings (SSSR count). The zero-order valence-corrected chi connectivity index (χ0v) is 10.9. The monoisotopic (exact) mass is 331 g/mol. The van der Waals surface area contributed by atoms with Crippen molar-refractivity contribution in [1.82, 2.24) is 0 Å². The molecule has 4 unspecified atom stereocenters. The number of nitrogens with two attached hydrogens (primary N) is 1. The van der Waals surface area contributed by atoms with Gasteiger partial charge in [-0.1, -0.05) is 6.08 Å². The Bertz CT molecular complexity index is 367. The average molecular weight is 331 g/mol. The highest BCUT2D eigenvalue weighted by molar-refractivity contribution is 7.85. The van der Waals surface area contributed by atoms with Crippen LogP contribution in [0.3, 0.4) is 0 Å². The third-order valence-electron chi connectivity index (χ3n) is 1.73. The average Bonchev–Trinajstić information content (AvgIpc) is 2.34. The lowest BCUT2D eigenvalue weighted by Crippen LogP contribution is -2.40. The molecule has 0 aliphatic heterocycles. The van der Waals surface area contributed by atoms with Crippen molar-refractivity contribution in [2.75, 3.05) is 12.3 Å². The predicted octanol–water partition coefficient (Wildman–Crippen LogP) is 1.62. The molecule has 0 aromatic rings. The molecule has 4 nitrogen and oxygen atoms in total. The van der Waals surface area contributed by atoms with E-state index in [0.29, 0.717) is 6.54 Å². The molecule has 0 amide bonds. The van der Waals surface area contributed by atoms with E-state index >= 15 is 0 Å². The van der Waals surface area contributed by atoms with Gasteiger partial charge in [0, 0.05) is 6.54 Å². The summed E-state index contributed by atoms with van der Waals surface area (Å²) >= 11 is 0. The Morgan fingerprint density at radius 3 is 1.70 bits per heavy atom. The maximum absolute atomic E-state index is 12.6. The van der Waals surface area contributed by atoms with Crippen molar-refractivity contribution in [1.29, 1.82) is 0 Å². The minimum atomic E-state index is -4.94. The Balaban J connectivity index is 0. The molecule has 0 fully saturated rings. The van der Waals surface area contributed by atoms with Gasteiger partial charge in [-0.15, -0.1) is 6.58 Å². The topological polar surface area (TPSA) is 80.4 Å². The summed E-state index contributed by atoms with van der Waals surface area (Å²) in [5.74, 6) is -1.83. The SMILES string of the molecule is C=CCN.O=S(=O)(O)CC(F)C(F)C(F)C(F)C(F)F. The normalized spacial score (nSPS) is 17.6. The first-order valence-electron chi connectivity index (χ1n) is 5.08. The molecule has 4 atom stereocenters. The lowest BCUT2D eigenvalue weighted by Gasteiger charge is -2.19. The van der Waals surface area contributed by atoms with Crippen molar-refractivity contribution in [3.63, 3.8) is 0 Å². The van der Waals surface area contributed by atoms with E-state index in [-0.39, 0.29) is 0 Å². The van der Waals surface area contributed by atoms with Crippen LogP contribution in [0.25, 0.3) is 0 Å². The van der Waals surface area contributed by atoms with Crippen molar-refractivity contribution in [3.05, 3.63) is 12.7 Å². The van der Waals surface area contributed by atoms with E-state index in [2.05, 4.69) is 6.58 Å². The molecule has 0 aromatic heterocycles. The summed E-state index contributed by atoms with van der Waals surface area (Å²) in [4.78, 5) is 0. The lowest BCUT2D eigenvalue weighted by atomic mass is 10.1. The van der Waals surface area contributed by atoms with Crippen LogP contribution in [0.15, 0.2) is 12.7 Å². The van der Waals surface area contributed by atoms with Crippen molar-refractivity contribution in [3.8, 4) is 0 Å². The van der Waals surface area contributed by atoms with Crippen LogP contribution in [0.1, 0.15) is 0 Å². The van der Waals surface area contributed by atoms with E-state index in [9.17, 15) is 34.8 Å². The molecule has 0 aliphatic rings. The molecule has 3 N–H and O–H groups in total. The first-order valence-corrected chi connectivity index (χ1v) is 6.69. The molecule has 0 radical (unpaired) electrons. The molecule has 0 heterocycles. The molecule has 0 saturated carbocycles. The van der Waals surface area contributed by atoms with Crippen LogP contribution in [-0.2, 0) is 10.1 Å². The van der Waals surface area contributed by atoms with Crippen molar-refractivity contribution >= 4 is 10.1 Å². The molecular formula is C9H15F6NO3S. The molecule has 11 heteroatoms. The Kier molecular flexibility index (Phi) is 10.7. The van der Waals surface area contributed by atoms with Gasteiger partial charge in [-0.25, -0.2) is 26.3 Å². The summed E-state index contributed by atoms with van der Waals surface area (Å²) in [5.41, 5.74) is 4.91. The fraction of sp³-hybridized carbons (Fsp3) is 0.778. The lowest BCUT2D eigenvalue weighted by molar-refractivity contribution is -0.0370. The van der Waals surface area contributed by atoms with Crippen LogP contribution in [0, 0.1) is 0 Å². The van der Waals surface area contributed by atoms with E-state index in [1.54, 1.807) is 6.08 Å². The molecule has 0 bridgehead atoms. The largest absolute Gasteiger partial charge is 0.327 e. The van der Waals surface area contributed by atoms with Gasteiger partial charge in [0.05, 0.1) is 0 Å². The Hall–Kier alpha value is -0.810. The summed E-state index contributed by atoms with van der Waals surface area (Å²) in [5, 5.41) is 0. The van der Waals surface area contributed by atoms with E-state index in [1.165, 1.54) is 0 Å². The second kappa shape index (κ2) is 10.00. The highest BCUT2D eigenvalue weighted by Crippen LogP contribution is 2.22. The Morgan fingerprint density at radius 2 is 1.45 bits per heavy atom. The summed E-state index contributed by atoms with van der Waals surface area (Å²) in [6.45, 7) is 3.94. The van der Waals surface area contributed by atoms with Gasteiger partial charge in [-0.05, 0) is 0 Å². The van der Waals surface area contributed by atoms with Gasteiger partial charge in [-0.2, -0.15) is 8.42 Å². The number of alkyl halides is 6. The molecular weight excluding hydrogens is 316 g/mol. The van der Waals surface area contributed by atoms with Crippen molar-refractivity contribution < 1.29 is 39.3 Å². The van der Waals surface area contributed by atoms with E-state index in [0.717, 1.165) is 0 Å². The zero-order valence-electron chi connectivity index (χ0n) is 10.1. The minimum absolute atomic E-state index is 0.583. The van der Waals surface area contributed by atoms with Crippen LogP contribution < -0.4 is 5.73 Å². The third kappa shape index (κ3) is 10.0. The number of halogens is 6. The van der Waals surface area contributed by atoms with E-state index < -0.39 is 47.0 Å². The smallest absolute Gasteiger partial charge is 0.272 e. The van der Waals surface area contributed by atoms with Crippen LogP contribution in [0.4, 0.5) is 26.3 Å². The van der Waals surface area contributed by atoms with Gasteiger partial charge in [0.15, 0.2) is 24.7 Å². The second-order valence-corrected chi connectivity index (χ2v) is 4.95. The predicted molar refractivity (Wildman–Crippen MR) is 61.3 cm³/mol. The first-order chi connectivity index (χ1) is 8.97. The summed E-state index contributed by atoms with van der Waals surface area (Å²) < 4.78 is 101. The number of hydrogen-bond acceptors (Lipinski definition) is 3. The standard InChI is InChI=1S/C6H8F6O3S.C3H7N/c7-2(1-16(13,14)15)3(8)4(9)5(10)6(11)12;1-2-3-4/h2-6H,1H2,(H,13,14,15);2H,1,3-4H2. The van der Waals surface area contributed by atoms with Crippen LogP contribution in [0.2, 0.25) is 0 Å². The number of hydrogen-bond donors (Lipinski definition) is 2. The Morgan fingerprint density at radius 1 is 1.05 bits per heavy atom. The summed E-state index contributed by atoms with van der Waals surface area (Å²) in [6.07, 6.45) is -15.8. The molecule has 0 saturated heterocycles. The van der Waals surface area contributed by atoms with Gasteiger partial charge in [0.25, 0.3) is 16.5 Å². The van der Waals surface area contributed by atoms with Gasteiger partial charge in [0.2, 0.25) is 0 Å². The van der Waals surface area contributed by atoms with Gasteiger partial charge in [0.1, 0.15) is 5.75 Å². The summed E-state index contributed by atoms with van der Waals surface area (Å²) in [6, 6.07) is 0. The molecule has 0 aliphatic carbocycles. The van der Waals surface area contributed by atoms with Crippen molar-refractivity contribution in [2.45, 2.75) is 31.1 Å². The maximum Gasteiger partial charge on any atom is 0.272 e. The van der Waals surface area contributed by atoms with Crippen LogP contribution in [-0.4, -0.2) is 56.4 Å². The fourth-order valence-corrected chi connectivity index (χ4v) is 1.39. The highest BCUT2D eigenvalue weighted by atomic mass is 32.2. The van der Waals surface area contributed by atoms with Gasteiger partial charge < -0.3 is 5.73 Å². The van der Waals surface area contributed by atoms with Crippen molar-refractivity contribution in [2.24, 2.45) is 5.73 Å². The number of rotatable bonds is 7. The molecule has 20 heavy (non-hydrogen) atoms. The molecule has 122 valence electrons. The highest BCUT2D eigenvalue weighted by Gasteiger charge is 2.41. The maximum atomic E-state index is 12.6. The third-order valence-corrected chi connectivity index (χ3v) is 2.47. The van der Waals surface area contributed by atoms with E-state index in [4.69, 9.17) is 10.3 Å². The van der Waals surface area contributed by atoms with Gasteiger partial charge in [-0.3, -0.25) is 4.55 Å². The Labute approximate surface area is 112 Å². The van der Waals surface area contributed by atoms with Crippen LogP contribution >= 0.6 is 0 Å².